The third kappa shape index (κ3) is 3.10. The molecule has 0 bridgehead atoms. The van der Waals surface area contributed by atoms with Crippen molar-refractivity contribution < 1.29 is 22.7 Å². The smallest absolute Gasteiger partial charge is 0.416 e. The van der Waals surface area contributed by atoms with Crippen LogP contribution in [0.2, 0.25) is 0 Å². The Morgan fingerprint density at radius 3 is 2.50 bits per heavy atom. The van der Waals surface area contributed by atoms with Crippen LogP contribution in [-0.4, -0.2) is 13.1 Å². The number of hydrogen-bond acceptors (Lipinski definition) is 3. The highest BCUT2D eigenvalue weighted by Crippen LogP contribution is 2.32. The number of alkyl halides is 3. The zero-order valence-corrected chi connectivity index (χ0v) is 9.28. The number of rotatable bonds is 2. The fraction of sp³-hybridized carbons (Fsp3) is 0.167. The molecular formula is C12H8F3NO2. The molecule has 0 aromatic heterocycles. The average molecular weight is 255 g/mol. The Hall–Kier alpha value is -2.29. The lowest BCUT2D eigenvalue weighted by Gasteiger charge is -2.09. The minimum absolute atomic E-state index is 0.257. The molecule has 0 saturated heterocycles. The molecule has 94 valence electrons. The summed E-state index contributed by atoms with van der Waals surface area (Å²) in [4.78, 5) is 11.1. The van der Waals surface area contributed by atoms with E-state index >= 15 is 0 Å². The summed E-state index contributed by atoms with van der Waals surface area (Å²) in [6, 6.07) is 6.15. The van der Waals surface area contributed by atoms with Gasteiger partial charge in [0.2, 0.25) is 0 Å². The first-order valence-electron chi connectivity index (χ1n) is 4.76. The lowest BCUT2D eigenvalue weighted by atomic mass is 10.0. The maximum absolute atomic E-state index is 12.7. The van der Waals surface area contributed by atoms with Gasteiger partial charge < -0.3 is 4.74 Å². The van der Waals surface area contributed by atoms with E-state index in [0.29, 0.717) is 0 Å². The molecule has 1 rings (SSSR count). The second-order valence-corrected chi connectivity index (χ2v) is 3.25. The quantitative estimate of drug-likeness (QED) is 0.464. The number of nitrogens with zero attached hydrogens (tertiary/aromatic N) is 1. The molecule has 1 aromatic carbocycles. The van der Waals surface area contributed by atoms with Gasteiger partial charge in [-0.05, 0) is 17.7 Å². The van der Waals surface area contributed by atoms with E-state index in [0.717, 1.165) is 19.3 Å². The predicted molar refractivity (Wildman–Crippen MR) is 57.1 cm³/mol. The Morgan fingerprint density at radius 1 is 1.39 bits per heavy atom. The monoisotopic (exact) mass is 255 g/mol. The van der Waals surface area contributed by atoms with Crippen molar-refractivity contribution in [3.05, 3.63) is 41.0 Å². The topological polar surface area (TPSA) is 50.1 Å². The van der Waals surface area contributed by atoms with Crippen molar-refractivity contribution in [2.24, 2.45) is 0 Å². The van der Waals surface area contributed by atoms with E-state index in [4.69, 9.17) is 5.26 Å². The summed E-state index contributed by atoms with van der Waals surface area (Å²) >= 11 is 0. The van der Waals surface area contributed by atoms with Crippen LogP contribution >= 0.6 is 0 Å². The second kappa shape index (κ2) is 5.36. The van der Waals surface area contributed by atoms with Crippen LogP contribution in [0.1, 0.15) is 11.1 Å². The first kappa shape index (κ1) is 13.8. The van der Waals surface area contributed by atoms with Crippen molar-refractivity contribution in [2.45, 2.75) is 6.18 Å². The first-order valence-corrected chi connectivity index (χ1v) is 4.76. The normalized spacial score (nSPS) is 11.8. The van der Waals surface area contributed by atoms with Gasteiger partial charge in [0.25, 0.3) is 0 Å². The maximum Gasteiger partial charge on any atom is 0.416 e. The van der Waals surface area contributed by atoms with Crippen LogP contribution < -0.4 is 0 Å². The number of ether oxygens (including phenoxy) is 1. The van der Waals surface area contributed by atoms with Gasteiger partial charge >= 0.3 is 12.1 Å². The molecule has 6 heteroatoms. The lowest BCUT2D eigenvalue weighted by molar-refractivity contribution is -0.138. The van der Waals surface area contributed by atoms with Crippen molar-refractivity contribution in [1.82, 2.24) is 0 Å². The third-order valence-corrected chi connectivity index (χ3v) is 2.09. The van der Waals surface area contributed by atoms with Crippen LogP contribution in [0, 0.1) is 11.3 Å². The Bertz CT molecular complexity index is 527. The summed E-state index contributed by atoms with van der Waals surface area (Å²) in [6.45, 7) is 0. The van der Waals surface area contributed by atoms with Crippen LogP contribution in [0.5, 0.6) is 0 Å². The number of esters is 1. The van der Waals surface area contributed by atoms with Gasteiger partial charge in [-0.2, -0.15) is 18.4 Å². The zero-order chi connectivity index (χ0) is 13.8. The molecule has 0 N–H and O–H groups in total. The summed E-state index contributed by atoms with van der Waals surface area (Å²) < 4.78 is 42.3. The molecule has 18 heavy (non-hydrogen) atoms. The van der Waals surface area contributed by atoms with Crippen LogP contribution in [0.4, 0.5) is 13.2 Å². The summed E-state index contributed by atoms with van der Waals surface area (Å²) in [7, 11) is 1.04. The molecule has 3 nitrogen and oxygen atoms in total. The highest BCUT2D eigenvalue weighted by Gasteiger charge is 2.32. The van der Waals surface area contributed by atoms with Crippen LogP contribution in [0.25, 0.3) is 6.08 Å². The molecule has 1 aromatic rings. The molecule has 0 radical (unpaired) electrons. The molecule has 0 aliphatic rings. The molecule has 0 aliphatic heterocycles. The molecular weight excluding hydrogens is 247 g/mol. The lowest BCUT2D eigenvalue weighted by Crippen LogP contribution is -2.08. The van der Waals surface area contributed by atoms with Gasteiger partial charge in [-0.25, -0.2) is 4.79 Å². The fourth-order valence-electron chi connectivity index (χ4n) is 1.28. The van der Waals surface area contributed by atoms with E-state index < -0.39 is 23.3 Å². The molecule has 0 fully saturated rings. The van der Waals surface area contributed by atoms with E-state index in [1.807, 2.05) is 0 Å². The minimum atomic E-state index is -4.55. The van der Waals surface area contributed by atoms with Gasteiger partial charge in [-0.1, -0.05) is 18.2 Å². The van der Waals surface area contributed by atoms with E-state index in [-0.39, 0.29) is 5.56 Å². The first-order chi connectivity index (χ1) is 8.40. The minimum Gasteiger partial charge on any atom is -0.465 e. The van der Waals surface area contributed by atoms with Crippen molar-refractivity contribution in [3.8, 4) is 6.07 Å². The molecule has 0 unspecified atom stereocenters. The van der Waals surface area contributed by atoms with Gasteiger partial charge in [0, 0.05) is 0 Å². The fourth-order valence-corrected chi connectivity index (χ4v) is 1.28. The van der Waals surface area contributed by atoms with Crippen LogP contribution in [0.15, 0.2) is 29.8 Å². The Morgan fingerprint density at radius 2 is 2.00 bits per heavy atom. The Kier molecular flexibility index (Phi) is 4.10. The van der Waals surface area contributed by atoms with Gasteiger partial charge in [-0.15, -0.1) is 0 Å². The number of hydrogen-bond donors (Lipinski definition) is 0. The molecule has 0 amide bonds. The van der Waals surface area contributed by atoms with E-state index in [2.05, 4.69) is 4.74 Å². The molecule has 0 aliphatic carbocycles. The maximum atomic E-state index is 12.7. The van der Waals surface area contributed by atoms with Crippen molar-refractivity contribution in [1.29, 1.82) is 5.26 Å². The zero-order valence-electron chi connectivity index (χ0n) is 9.28. The Balaban J connectivity index is 3.31. The number of carbonyl (C=O) groups excluding carboxylic acids is 1. The number of carbonyl (C=O) groups is 1. The van der Waals surface area contributed by atoms with Gasteiger partial charge in [-0.3, -0.25) is 0 Å². The highest BCUT2D eigenvalue weighted by molar-refractivity contribution is 5.98. The van der Waals surface area contributed by atoms with E-state index in [9.17, 15) is 18.0 Å². The largest absolute Gasteiger partial charge is 0.465 e. The number of benzene rings is 1. The van der Waals surface area contributed by atoms with E-state index in [1.165, 1.54) is 24.3 Å². The number of methoxy groups -OCH3 is 1. The Labute approximate surface area is 101 Å². The summed E-state index contributed by atoms with van der Waals surface area (Å²) in [5.74, 6) is -0.977. The molecule has 0 atom stereocenters. The van der Waals surface area contributed by atoms with Crippen molar-refractivity contribution >= 4 is 12.0 Å². The molecule has 0 spiro atoms. The summed E-state index contributed by atoms with van der Waals surface area (Å²) in [5, 5.41) is 8.68. The molecule has 0 saturated carbocycles. The van der Waals surface area contributed by atoms with Crippen LogP contribution in [-0.2, 0) is 15.7 Å². The second-order valence-electron chi connectivity index (χ2n) is 3.25. The molecule has 0 heterocycles. The summed E-state index contributed by atoms with van der Waals surface area (Å²) in [5.41, 5.74) is -1.66. The number of nitriles is 1. The van der Waals surface area contributed by atoms with Crippen LogP contribution in [0.3, 0.4) is 0 Å². The summed E-state index contributed by atoms with van der Waals surface area (Å²) in [6.07, 6.45) is -3.70. The SMILES string of the molecule is COC(=O)C(C#N)=Cc1ccccc1C(F)(F)F. The van der Waals surface area contributed by atoms with Crippen molar-refractivity contribution in [2.75, 3.05) is 7.11 Å². The van der Waals surface area contributed by atoms with E-state index in [1.54, 1.807) is 0 Å². The van der Waals surface area contributed by atoms with Gasteiger partial charge in [0.05, 0.1) is 12.7 Å². The highest BCUT2D eigenvalue weighted by atomic mass is 19.4. The average Bonchev–Trinajstić information content (AvgIpc) is 2.34. The van der Waals surface area contributed by atoms with Gasteiger partial charge in [0.15, 0.2) is 0 Å². The third-order valence-electron chi connectivity index (χ3n) is 2.09. The number of halogens is 3. The standard InChI is InChI=1S/C12H8F3NO2/c1-18-11(17)9(7-16)6-8-4-2-3-5-10(8)12(13,14)15/h2-6H,1H3. The van der Waals surface area contributed by atoms with Crippen molar-refractivity contribution in [3.63, 3.8) is 0 Å². The predicted octanol–water partition coefficient (Wildman–Crippen LogP) is 2.79. The van der Waals surface area contributed by atoms with Gasteiger partial charge in [0.1, 0.15) is 11.6 Å².